The summed E-state index contributed by atoms with van der Waals surface area (Å²) in [7, 11) is 0. The average Bonchev–Trinajstić information content (AvgIpc) is 2.93. The molecular weight excluding hydrogens is 214 g/mol. The summed E-state index contributed by atoms with van der Waals surface area (Å²) in [6.45, 7) is 1.09. The topological polar surface area (TPSA) is 12.0 Å². The summed E-state index contributed by atoms with van der Waals surface area (Å²) in [4.78, 5) is 1.48. The summed E-state index contributed by atoms with van der Waals surface area (Å²) < 4.78 is 0. The molecule has 0 radical (unpaired) electrons. The molecule has 1 aromatic heterocycles. The van der Waals surface area contributed by atoms with Crippen molar-refractivity contribution >= 4 is 11.3 Å². The molecule has 2 aliphatic rings. The van der Waals surface area contributed by atoms with Gasteiger partial charge in [0.25, 0.3) is 0 Å². The Bertz CT molecular complexity index is 313. The highest BCUT2D eigenvalue weighted by atomic mass is 32.1. The van der Waals surface area contributed by atoms with Crippen molar-refractivity contribution in [2.75, 3.05) is 0 Å². The third-order valence-corrected chi connectivity index (χ3v) is 5.09. The summed E-state index contributed by atoms with van der Waals surface area (Å²) in [6, 6.07) is 5.22. The van der Waals surface area contributed by atoms with Crippen LogP contribution in [0.25, 0.3) is 0 Å². The van der Waals surface area contributed by atoms with Crippen molar-refractivity contribution in [3.05, 3.63) is 22.4 Å². The minimum atomic E-state index is 0.838. The zero-order valence-electron chi connectivity index (χ0n) is 9.82. The fraction of sp³-hybridized carbons (Fsp3) is 0.714. The van der Waals surface area contributed by atoms with Crippen molar-refractivity contribution in [2.24, 2.45) is 11.8 Å². The summed E-state index contributed by atoms with van der Waals surface area (Å²) in [5, 5.41) is 5.89. The fourth-order valence-electron chi connectivity index (χ4n) is 3.18. The second-order valence-electron chi connectivity index (χ2n) is 5.36. The fourth-order valence-corrected chi connectivity index (χ4v) is 3.83. The molecule has 0 bridgehead atoms. The van der Waals surface area contributed by atoms with E-state index < -0.39 is 0 Å². The zero-order chi connectivity index (χ0) is 10.8. The normalized spacial score (nSPS) is 30.5. The van der Waals surface area contributed by atoms with Gasteiger partial charge in [0.2, 0.25) is 0 Å². The molecule has 2 heteroatoms. The zero-order valence-corrected chi connectivity index (χ0v) is 10.6. The molecule has 1 nitrogen and oxygen atoms in total. The van der Waals surface area contributed by atoms with Gasteiger partial charge in [0, 0.05) is 17.5 Å². The molecule has 1 N–H and O–H groups in total. The van der Waals surface area contributed by atoms with E-state index in [1.165, 1.54) is 43.4 Å². The van der Waals surface area contributed by atoms with Gasteiger partial charge in [0.1, 0.15) is 0 Å². The lowest BCUT2D eigenvalue weighted by atomic mass is 9.85. The lowest BCUT2D eigenvalue weighted by molar-refractivity contribution is 0.312. The maximum atomic E-state index is 3.72. The molecule has 1 heterocycles. The molecule has 2 aliphatic carbocycles. The van der Waals surface area contributed by atoms with E-state index in [0.717, 1.165) is 24.4 Å². The van der Waals surface area contributed by atoms with Crippen LogP contribution in [0.5, 0.6) is 0 Å². The van der Waals surface area contributed by atoms with E-state index >= 15 is 0 Å². The summed E-state index contributed by atoms with van der Waals surface area (Å²) in [5.41, 5.74) is 0. The van der Waals surface area contributed by atoms with Crippen LogP contribution >= 0.6 is 11.3 Å². The Labute approximate surface area is 102 Å². The van der Waals surface area contributed by atoms with Gasteiger partial charge < -0.3 is 5.32 Å². The average molecular weight is 235 g/mol. The van der Waals surface area contributed by atoms with Crippen LogP contribution in [-0.4, -0.2) is 6.04 Å². The minimum Gasteiger partial charge on any atom is -0.309 e. The minimum absolute atomic E-state index is 0.838. The van der Waals surface area contributed by atoms with Gasteiger partial charge in [0.15, 0.2) is 0 Å². The molecule has 0 aromatic carbocycles. The van der Waals surface area contributed by atoms with Gasteiger partial charge in [0.05, 0.1) is 0 Å². The molecule has 16 heavy (non-hydrogen) atoms. The highest BCUT2D eigenvalue weighted by Gasteiger charge is 2.42. The largest absolute Gasteiger partial charge is 0.309 e. The second-order valence-corrected chi connectivity index (χ2v) is 6.40. The van der Waals surface area contributed by atoms with Crippen molar-refractivity contribution in [3.8, 4) is 0 Å². The van der Waals surface area contributed by atoms with Gasteiger partial charge in [-0.05, 0) is 29.7 Å². The van der Waals surface area contributed by atoms with Crippen LogP contribution in [0.3, 0.4) is 0 Å². The van der Waals surface area contributed by atoms with Gasteiger partial charge in [-0.25, -0.2) is 0 Å². The van der Waals surface area contributed by atoms with Gasteiger partial charge in [-0.2, -0.15) is 0 Å². The maximum absolute atomic E-state index is 3.72. The van der Waals surface area contributed by atoms with E-state index in [1.807, 2.05) is 11.3 Å². The Balaban J connectivity index is 1.42. The lowest BCUT2D eigenvalue weighted by Gasteiger charge is -2.21. The van der Waals surface area contributed by atoms with E-state index in [-0.39, 0.29) is 0 Å². The molecule has 0 aliphatic heterocycles. The molecule has 3 rings (SSSR count). The van der Waals surface area contributed by atoms with Crippen molar-refractivity contribution < 1.29 is 0 Å². The highest BCUT2D eigenvalue weighted by Crippen LogP contribution is 2.44. The molecule has 0 spiro atoms. The molecule has 1 aromatic rings. The molecule has 2 saturated carbocycles. The highest BCUT2D eigenvalue weighted by molar-refractivity contribution is 7.09. The first-order valence-electron chi connectivity index (χ1n) is 6.69. The van der Waals surface area contributed by atoms with Crippen LogP contribution in [0.1, 0.15) is 43.4 Å². The maximum Gasteiger partial charge on any atom is 0.0302 e. The third-order valence-electron chi connectivity index (χ3n) is 4.21. The molecule has 88 valence electrons. The Morgan fingerprint density at radius 2 is 2.12 bits per heavy atom. The monoisotopic (exact) mass is 235 g/mol. The predicted molar refractivity (Wildman–Crippen MR) is 69.6 cm³/mol. The number of rotatable bonds is 4. The first-order valence-corrected chi connectivity index (χ1v) is 7.57. The van der Waals surface area contributed by atoms with Crippen molar-refractivity contribution in [3.63, 3.8) is 0 Å². The molecule has 0 amide bonds. The predicted octanol–water partition coefficient (Wildman–Crippen LogP) is 3.81. The van der Waals surface area contributed by atoms with Crippen LogP contribution in [-0.2, 0) is 6.54 Å². The Hall–Kier alpha value is -0.340. The Kier molecular flexibility index (Phi) is 3.30. The summed E-state index contributed by atoms with van der Waals surface area (Å²) >= 11 is 1.87. The second kappa shape index (κ2) is 4.89. The van der Waals surface area contributed by atoms with Crippen LogP contribution in [0.4, 0.5) is 0 Å². The van der Waals surface area contributed by atoms with Crippen LogP contribution in [0, 0.1) is 11.8 Å². The number of thiophene rings is 1. The quantitative estimate of drug-likeness (QED) is 0.837. The van der Waals surface area contributed by atoms with Crippen LogP contribution < -0.4 is 5.32 Å². The molecule has 2 fully saturated rings. The Morgan fingerprint density at radius 3 is 2.88 bits per heavy atom. The molecule has 2 atom stereocenters. The van der Waals surface area contributed by atoms with Crippen molar-refractivity contribution in [1.29, 1.82) is 0 Å². The number of nitrogens with one attached hydrogen (secondary N) is 1. The molecular formula is C14H21NS. The van der Waals surface area contributed by atoms with Crippen molar-refractivity contribution in [2.45, 2.75) is 51.1 Å². The van der Waals surface area contributed by atoms with E-state index in [0.29, 0.717) is 0 Å². The SMILES string of the molecule is c1csc(CNC2CC2C2CCCCC2)c1. The van der Waals surface area contributed by atoms with Gasteiger partial charge in [-0.3, -0.25) is 0 Å². The first-order chi connectivity index (χ1) is 7.93. The lowest BCUT2D eigenvalue weighted by Crippen LogP contribution is -2.20. The summed E-state index contributed by atoms with van der Waals surface area (Å²) in [5.74, 6) is 2.06. The number of hydrogen-bond donors (Lipinski definition) is 1. The van der Waals surface area contributed by atoms with E-state index in [1.54, 1.807) is 0 Å². The van der Waals surface area contributed by atoms with Gasteiger partial charge >= 0.3 is 0 Å². The third kappa shape index (κ3) is 2.49. The van der Waals surface area contributed by atoms with Gasteiger partial charge in [-0.15, -0.1) is 11.3 Å². The van der Waals surface area contributed by atoms with E-state index in [9.17, 15) is 0 Å². The Morgan fingerprint density at radius 1 is 1.25 bits per heavy atom. The molecule has 2 unspecified atom stereocenters. The van der Waals surface area contributed by atoms with E-state index in [2.05, 4.69) is 22.8 Å². The molecule has 0 saturated heterocycles. The number of hydrogen-bond acceptors (Lipinski definition) is 2. The summed E-state index contributed by atoms with van der Waals surface area (Å²) in [6.07, 6.45) is 8.90. The standard InChI is InChI=1S/C14H21NS/c1-2-5-11(6-3-1)13-9-14(13)15-10-12-7-4-8-16-12/h4,7-8,11,13-15H,1-3,5-6,9-10H2. The van der Waals surface area contributed by atoms with Crippen LogP contribution in [0.2, 0.25) is 0 Å². The smallest absolute Gasteiger partial charge is 0.0302 e. The van der Waals surface area contributed by atoms with Gasteiger partial charge in [-0.1, -0.05) is 38.2 Å². The van der Waals surface area contributed by atoms with Crippen LogP contribution in [0.15, 0.2) is 17.5 Å². The first kappa shape index (κ1) is 10.8. The van der Waals surface area contributed by atoms with Crippen molar-refractivity contribution in [1.82, 2.24) is 5.32 Å². The van der Waals surface area contributed by atoms with E-state index in [4.69, 9.17) is 0 Å².